The Morgan fingerprint density at radius 1 is 1.35 bits per heavy atom. The van der Waals surface area contributed by atoms with Gasteiger partial charge in [-0.3, -0.25) is 10.1 Å². The van der Waals surface area contributed by atoms with Crippen molar-refractivity contribution in [2.45, 2.75) is 78.0 Å². The van der Waals surface area contributed by atoms with E-state index < -0.39 is 11.5 Å². The third-order valence-electron chi connectivity index (χ3n) is 4.53. The maximum absolute atomic E-state index is 11.8. The van der Waals surface area contributed by atoms with Gasteiger partial charge in [0.25, 0.3) is 0 Å². The molecule has 3 unspecified atom stereocenters. The molecule has 118 valence electrons. The fourth-order valence-electron chi connectivity index (χ4n) is 3.11. The van der Waals surface area contributed by atoms with Crippen molar-refractivity contribution < 1.29 is 14.6 Å². The molecule has 0 radical (unpaired) electrons. The van der Waals surface area contributed by atoms with Crippen LogP contribution in [0.3, 0.4) is 0 Å². The van der Waals surface area contributed by atoms with Gasteiger partial charge in [-0.05, 0) is 51.9 Å². The van der Waals surface area contributed by atoms with Crippen molar-refractivity contribution in [2.75, 3.05) is 6.61 Å². The predicted octanol–water partition coefficient (Wildman–Crippen LogP) is 3.06. The van der Waals surface area contributed by atoms with Crippen LogP contribution in [0.5, 0.6) is 0 Å². The molecule has 0 aromatic rings. The first-order valence-electron chi connectivity index (χ1n) is 7.92. The molecular formula is C16H31NO3. The van der Waals surface area contributed by atoms with Gasteiger partial charge in [0.15, 0.2) is 0 Å². The number of aliphatic carboxylic acids is 1. The molecule has 0 saturated heterocycles. The van der Waals surface area contributed by atoms with E-state index in [1.54, 1.807) is 0 Å². The largest absolute Gasteiger partial charge is 0.480 e. The van der Waals surface area contributed by atoms with Crippen LogP contribution in [0.15, 0.2) is 0 Å². The minimum Gasteiger partial charge on any atom is -0.480 e. The minimum atomic E-state index is -0.751. The van der Waals surface area contributed by atoms with Crippen molar-refractivity contribution in [3.63, 3.8) is 0 Å². The smallest absolute Gasteiger partial charge is 0.324 e. The Bertz CT molecular complexity index is 317. The Labute approximate surface area is 123 Å². The average Bonchev–Trinajstić information content (AvgIpc) is 2.72. The number of carboxylic acids is 1. The first kappa shape index (κ1) is 17.4. The molecule has 0 bridgehead atoms. The Kier molecular flexibility index (Phi) is 6.46. The van der Waals surface area contributed by atoms with Crippen molar-refractivity contribution >= 4 is 5.97 Å². The lowest BCUT2D eigenvalue weighted by Crippen LogP contribution is -2.57. The standard InChI is InChI=1S/C16H31NO3/c1-11(2)13(5)20-10-8-14-7-6-9-16(14,15(18)19)17-12(3)4/h11-14,17H,6-10H2,1-5H3,(H,18,19). The van der Waals surface area contributed by atoms with E-state index in [0.29, 0.717) is 12.5 Å². The van der Waals surface area contributed by atoms with Gasteiger partial charge in [-0.25, -0.2) is 0 Å². The molecule has 3 atom stereocenters. The molecule has 1 aliphatic carbocycles. The first-order chi connectivity index (χ1) is 9.29. The molecular weight excluding hydrogens is 254 g/mol. The second kappa shape index (κ2) is 7.41. The monoisotopic (exact) mass is 285 g/mol. The lowest BCUT2D eigenvalue weighted by Gasteiger charge is -2.34. The number of carboxylic acid groups (broad SMARTS) is 1. The molecule has 1 rings (SSSR count). The molecule has 0 amide bonds. The number of hydrogen-bond donors (Lipinski definition) is 2. The van der Waals surface area contributed by atoms with E-state index >= 15 is 0 Å². The van der Waals surface area contributed by atoms with Crippen LogP contribution in [-0.2, 0) is 9.53 Å². The molecule has 0 aliphatic heterocycles. The van der Waals surface area contributed by atoms with Crippen molar-refractivity contribution in [3.05, 3.63) is 0 Å². The summed E-state index contributed by atoms with van der Waals surface area (Å²) in [5.74, 6) is -0.0380. The Morgan fingerprint density at radius 3 is 2.50 bits per heavy atom. The summed E-state index contributed by atoms with van der Waals surface area (Å²) in [6.45, 7) is 11.0. The number of carbonyl (C=O) groups is 1. The molecule has 0 aromatic heterocycles. The van der Waals surface area contributed by atoms with E-state index in [2.05, 4.69) is 26.1 Å². The number of ether oxygens (including phenoxy) is 1. The van der Waals surface area contributed by atoms with E-state index in [0.717, 1.165) is 25.7 Å². The lowest BCUT2D eigenvalue weighted by molar-refractivity contribution is -0.147. The Balaban J connectivity index is 2.60. The third kappa shape index (κ3) is 4.19. The van der Waals surface area contributed by atoms with Gasteiger partial charge in [0, 0.05) is 12.6 Å². The zero-order chi connectivity index (χ0) is 15.3. The van der Waals surface area contributed by atoms with Gasteiger partial charge < -0.3 is 9.84 Å². The summed E-state index contributed by atoms with van der Waals surface area (Å²) in [7, 11) is 0. The molecule has 0 aromatic carbocycles. The van der Waals surface area contributed by atoms with Crippen molar-refractivity contribution in [1.29, 1.82) is 0 Å². The maximum atomic E-state index is 11.8. The summed E-state index contributed by atoms with van der Waals surface area (Å²) in [4.78, 5) is 11.8. The maximum Gasteiger partial charge on any atom is 0.324 e. The van der Waals surface area contributed by atoms with Gasteiger partial charge >= 0.3 is 5.97 Å². The number of hydrogen-bond acceptors (Lipinski definition) is 3. The van der Waals surface area contributed by atoms with Crippen LogP contribution >= 0.6 is 0 Å². The molecule has 20 heavy (non-hydrogen) atoms. The van der Waals surface area contributed by atoms with Crippen LogP contribution < -0.4 is 5.32 Å². The van der Waals surface area contributed by atoms with Crippen LogP contribution in [0.2, 0.25) is 0 Å². The zero-order valence-electron chi connectivity index (χ0n) is 13.6. The highest BCUT2D eigenvalue weighted by molar-refractivity contribution is 5.79. The Hall–Kier alpha value is -0.610. The molecule has 0 spiro atoms. The van der Waals surface area contributed by atoms with Crippen molar-refractivity contribution in [3.8, 4) is 0 Å². The summed E-state index contributed by atoms with van der Waals surface area (Å²) in [5.41, 5.74) is -0.751. The second-order valence-electron chi connectivity index (χ2n) is 6.77. The van der Waals surface area contributed by atoms with E-state index in [1.165, 1.54) is 0 Å². The van der Waals surface area contributed by atoms with Crippen molar-refractivity contribution in [2.24, 2.45) is 11.8 Å². The van der Waals surface area contributed by atoms with Crippen LogP contribution in [0.4, 0.5) is 0 Å². The van der Waals surface area contributed by atoms with Gasteiger partial charge in [-0.2, -0.15) is 0 Å². The first-order valence-corrected chi connectivity index (χ1v) is 7.92. The van der Waals surface area contributed by atoms with E-state index in [1.807, 2.05) is 13.8 Å². The highest BCUT2D eigenvalue weighted by Crippen LogP contribution is 2.38. The predicted molar refractivity (Wildman–Crippen MR) is 80.8 cm³/mol. The summed E-state index contributed by atoms with van der Waals surface area (Å²) in [6, 6.07) is 0.183. The van der Waals surface area contributed by atoms with Crippen LogP contribution in [0.25, 0.3) is 0 Å². The highest BCUT2D eigenvalue weighted by atomic mass is 16.5. The van der Waals surface area contributed by atoms with E-state index in [9.17, 15) is 9.90 Å². The lowest BCUT2D eigenvalue weighted by atomic mass is 9.84. The molecule has 4 nitrogen and oxygen atoms in total. The minimum absolute atomic E-state index is 0.168. The topological polar surface area (TPSA) is 58.6 Å². The van der Waals surface area contributed by atoms with E-state index in [4.69, 9.17) is 4.74 Å². The molecule has 1 fully saturated rings. The second-order valence-corrected chi connectivity index (χ2v) is 6.77. The quantitative estimate of drug-likeness (QED) is 0.719. The SMILES string of the molecule is CC(C)NC1(C(=O)O)CCCC1CCOC(C)C(C)C. The molecule has 1 saturated carbocycles. The molecule has 1 aliphatic rings. The highest BCUT2D eigenvalue weighted by Gasteiger charge is 2.48. The fraction of sp³-hybridized carbons (Fsp3) is 0.938. The fourth-order valence-corrected chi connectivity index (χ4v) is 3.11. The Morgan fingerprint density at radius 2 is 2.00 bits per heavy atom. The summed E-state index contributed by atoms with van der Waals surface area (Å²) < 4.78 is 5.82. The zero-order valence-corrected chi connectivity index (χ0v) is 13.6. The summed E-state index contributed by atoms with van der Waals surface area (Å²) >= 11 is 0. The van der Waals surface area contributed by atoms with Gasteiger partial charge in [0.2, 0.25) is 0 Å². The number of rotatable bonds is 8. The number of nitrogens with one attached hydrogen (secondary N) is 1. The average molecular weight is 285 g/mol. The van der Waals surface area contributed by atoms with Gasteiger partial charge in [0.1, 0.15) is 5.54 Å². The normalized spacial score (nSPS) is 28.2. The van der Waals surface area contributed by atoms with Crippen LogP contribution in [0.1, 0.15) is 60.3 Å². The van der Waals surface area contributed by atoms with Crippen LogP contribution in [0, 0.1) is 11.8 Å². The molecule has 4 heteroatoms. The molecule has 2 N–H and O–H groups in total. The third-order valence-corrected chi connectivity index (χ3v) is 4.53. The summed E-state index contributed by atoms with van der Waals surface area (Å²) in [6.07, 6.45) is 3.74. The van der Waals surface area contributed by atoms with Crippen LogP contribution in [-0.4, -0.2) is 35.4 Å². The van der Waals surface area contributed by atoms with Gasteiger partial charge in [-0.15, -0.1) is 0 Å². The van der Waals surface area contributed by atoms with Gasteiger partial charge in [-0.1, -0.05) is 20.3 Å². The van der Waals surface area contributed by atoms with E-state index in [-0.39, 0.29) is 18.1 Å². The summed E-state index contributed by atoms with van der Waals surface area (Å²) in [5, 5.41) is 13.0. The van der Waals surface area contributed by atoms with Crippen molar-refractivity contribution in [1.82, 2.24) is 5.32 Å². The van der Waals surface area contributed by atoms with Gasteiger partial charge in [0.05, 0.1) is 6.10 Å². The molecule has 0 heterocycles.